The average Bonchev–Trinajstić information content (AvgIpc) is 3.58. The molecular formula is C26H35N5O. The second-order valence-corrected chi connectivity index (χ2v) is 10.2. The molecule has 0 bridgehead atoms. The number of carbonyl (C=O) groups excluding carboxylic acids is 1. The number of rotatable bonds is 6. The van der Waals surface area contributed by atoms with E-state index in [0.29, 0.717) is 35.5 Å². The molecule has 0 aromatic carbocycles. The van der Waals surface area contributed by atoms with Crippen molar-refractivity contribution < 1.29 is 4.79 Å². The van der Waals surface area contributed by atoms with Gasteiger partial charge in [-0.05, 0) is 74.0 Å². The van der Waals surface area contributed by atoms with Crippen molar-refractivity contribution in [2.75, 3.05) is 25.5 Å². The summed E-state index contributed by atoms with van der Waals surface area (Å²) in [5, 5.41) is 3.31. The molecule has 3 aliphatic rings. The number of anilines is 1. The largest absolute Gasteiger partial charge is 0.356 e. The summed E-state index contributed by atoms with van der Waals surface area (Å²) in [7, 11) is 3.97. The van der Waals surface area contributed by atoms with Crippen LogP contribution in [0.1, 0.15) is 63.0 Å². The lowest BCUT2D eigenvalue weighted by Crippen LogP contribution is -2.32. The average molecular weight is 434 g/mol. The van der Waals surface area contributed by atoms with E-state index in [2.05, 4.69) is 15.3 Å². The van der Waals surface area contributed by atoms with E-state index in [9.17, 15) is 4.79 Å². The summed E-state index contributed by atoms with van der Waals surface area (Å²) >= 11 is 0. The van der Waals surface area contributed by atoms with Crippen LogP contribution >= 0.6 is 0 Å². The summed E-state index contributed by atoms with van der Waals surface area (Å²) in [6.45, 7) is 0.839. The van der Waals surface area contributed by atoms with Crippen LogP contribution in [-0.2, 0) is 4.79 Å². The van der Waals surface area contributed by atoms with Gasteiger partial charge in [-0.2, -0.15) is 0 Å². The van der Waals surface area contributed by atoms with Gasteiger partial charge in [0.1, 0.15) is 0 Å². The number of nitrogens with zero attached hydrogens (tertiary/aromatic N) is 4. The first-order chi connectivity index (χ1) is 15.6. The van der Waals surface area contributed by atoms with Crippen LogP contribution in [0.15, 0.2) is 30.7 Å². The van der Waals surface area contributed by atoms with Crippen molar-refractivity contribution in [3.8, 4) is 11.1 Å². The Balaban J connectivity index is 1.21. The quantitative estimate of drug-likeness (QED) is 0.730. The number of aromatic nitrogens is 3. The second kappa shape index (κ2) is 9.16. The zero-order valence-electron chi connectivity index (χ0n) is 19.3. The van der Waals surface area contributed by atoms with E-state index >= 15 is 0 Å². The van der Waals surface area contributed by atoms with Crippen molar-refractivity contribution in [1.29, 1.82) is 0 Å². The molecule has 2 heterocycles. The summed E-state index contributed by atoms with van der Waals surface area (Å²) in [4.78, 5) is 28.3. The number of fused-ring (bicyclic) bond motifs is 1. The molecule has 0 radical (unpaired) electrons. The lowest BCUT2D eigenvalue weighted by molar-refractivity contribution is -0.123. The molecule has 0 spiro atoms. The van der Waals surface area contributed by atoms with Gasteiger partial charge in [0.25, 0.3) is 0 Å². The smallest absolute Gasteiger partial charge is 0.225 e. The topological polar surface area (TPSA) is 71.0 Å². The molecule has 32 heavy (non-hydrogen) atoms. The van der Waals surface area contributed by atoms with E-state index in [1.165, 1.54) is 25.7 Å². The van der Waals surface area contributed by atoms with Crippen molar-refractivity contribution in [2.45, 2.75) is 57.3 Å². The van der Waals surface area contributed by atoms with E-state index in [1.807, 2.05) is 49.7 Å². The predicted molar refractivity (Wildman–Crippen MR) is 126 cm³/mol. The van der Waals surface area contributed by atoms with E-state index in [4.69, 9.17) is 4.98 Å². The van der Waals surface area contributed by atoms with Gasteiger partial charge in [0.2, 0.25) is 11.9 Å². The zero-order chi connectivity index (χ0) is 22.1. The van der Waals surface area contributed by atoms with E-state index in [0.717, 1.165) is 55.0 Å². The number of carbonyl (C=O) groups is 1. The molecule has 1 amide bonds. The SMILES string of the molecule is CN(C)c1ncc(-c2ccncc2)c(C2CCC(CNC(=O)C3[C@H]4CCCC[C@H]34)CC2)n1. The maximum Gasteiger partial charge on any atom is 0.225 e. The zero-order valence-corrected chi connectivity index (χ0v) is 19.3. The van der Waals surface area contributed by atoms with Crippen molar-refractivity contribution in [3.63, 3.8) is 0 Å². The Labute approximate surface area is 191 Å². The summed E-state index contributed by atoms with van der Waals surface area (Å²) in [6, 6.07) is 4.07. The van der Waals surface area contributed by atoms with E-state index < -0.39 is 0 Å². The number of pyridine rings is 1. The minimum absolute atomic E-state index is 0.322. The Morgan fingerprint density at radius 1 is 1.03 bits per heavy atom. The Bertz CT molecular complexity index is 926. The fourth-order valence-electron chi connectivity index (χ4n) is 6.05. The maximum absolute atomic E-state index is 12.7. The highest BCUT2D eigenvalue weighted by Gasteiger charge is 2.54. The maximum atomic E-state index is 12.7. The van der Waals surface area contributed by atoms with Gasteiger partial charge in [0.15, 0.2) is 0 Å². The fraction of sp³-hybridized carbons (Fsp3) is 0.615. The van der Waals surface area contributed by atoms with Gasteiger partial charge in [-0.3, -0.25) is 9.78 Å². The predicted octanol–water partition coefficient (Wildman–Crippen LogP) is 4.43. The molecule has 0 saturated heterocycles. The molecule has 170 valence electrons. The fourth-order valence-corrected chi connectivity index (χ4v) is 6.05. The third kappa shape index (κ3) is 4.37. The number of amides is 1. The summed E-state index contributed by atoms with van der Waals surface area (Å²) in [6.07, 6.45) is 15.3. The molecule has 6 nitrogen and oxygen atoms in total. The molecule has 3 fully saturated rings. The Morgan fingerprint density at radius 2 is 1.72 bits per heavy atom. The minimum Gasteiger partial charge on any atom is -0.356 e. The van der Waals surface area contributed by atoms with Crippen LogP contribution in [0.25, 0.3) is 11.1 Å². The molecule has 6 heteroatoms. The molecule has 3 saturated carbocycles. The Morgan fingerprint density at radius 3 is 2.38 bits per heavy atom. The van der Waals surface area contributed by atoms with Gasteiger partial charge in [-0.1, -0.05) is 12.8 Å². The molecule has 2 aromatic rings. The highest BCUT2D eigenvalue weighted by molar-refractivity contribution is 5.82. The molecule has 3 aliphatic carbocycles. The van der Waals surface area contributed by atoms with Gasteiger partial charge in [0.05, 0.1) is 5.69 Å². The van der Waals surface area contributed by atoms with Crippen LogP contribution < -0.4 is 10.2 Å². The summed E-state index contributed by atoms with van der Waals surface area (Å²) in [5.41, 5.74) is 3.39. The highest BCUT2D eigenvalue weighted by Crippen LogP contribution is 2.55. The standard InChI is InChI=1S/C26H35N5O/c1-31(2)26-29-16-22(18-11-13-27-14-12-18)24(30-26)19-9-7-17(8-10-19)15-28-25(32)23-20-5-3-4-6-21(20)23/h11-14,16-17,19-21,23H,3-10,15H2,1-2H3,(H,28,32)/t17?,19?,20-,21-/m0/s1. The Kier molecular flexibility index (Phi) is 6.11. The molecule has 5 rings (SSSR count). The molecule has 1 N–H and O–H groups in total. The molecule has 2 atom stereocenters. The Hall–Kier alpha value is -2.50. The van der Waals surface area contributed by atoms with Crippen LogP contribution in [0.5, 0.6) is 0 Å². The molecular weight excluding hydrogens is 398 g/mol. The lowest BCUT2D eigenvalue weighted by atomic mass is 9.79. The molecule has 0 unspecified atom stereocenters. The van der Waals surface area contributed by atoms with Crippen molar-refractivity contribution in [1.82, 2.24) is 20.3 Å². The van der Waals surface area contributed by atoms with Gasteiger partial charge in [0, 0.05) is 56.6 Å². The van der Waals surface area contributed by atoms with Crippen LogP contribution in [0.3, 0.4) is 0 Å². The van der Waals surface area contributed by atoms with Crippen molar-refractivity contribution in [3.05, 3.63) is 36.4 Å². The third-order valence-electron chi connectivity index (χ3n) is 7.95. The van der Waals surface area contributed by atoms with Gasteiger partial charge in [-0.25, -0.2) is 9.97 Å². The van der Waals surface area contributed by atoms with Gasteiger partial charge >= 0.3 is 0 Å². The van der Waals surface area contributed by atoms with Crippen molar-refractivity contribution >= 4 is 11.9 Å². The first kappa shape index (κ1) is 21.4. The monoisotopic (exact) mass is 433 g/mol. The first-order valence-electron chi connectivity index (χ1n) is 12.3. The van der Waals surface area contributed by atoms with Crippen LogP contribution in [-0.4, -0.2) is 41.5 Å². The summed E-state index contributed by atoms with van der Waals surface area (Å²) < 4.78 is 0. The van der Waals surface area contributed by atoms with E-state index in [-0.39, 0.29) is 0 Å². The molecule has 2 aromatic heterocycles. The number of hydrogen-bond acceptors (Lipinski definition) is 5. The number of nitrogens with one attached hydrogen (secondary N) is 1. The van der Waals surface area contributed by atoms with Crippen LogP contribution in [0, 0.1) is 23.7 Å². The van der Waals surface area contributed by atoms with Gasteiger partial charge < -0.3 is 10.2 Å². The van der Waals surface area contributed by atoms with Crippen LogP contribution in [0.4, 0.5) is 5.95 Å². The normalized spacial score (nSPS) is 29.1. The first-order valence-corrected chi connectivity index (χ1v) is 12.3. The van der Waals surface area contributed by atoms with E-state index in [1.54, 1.807) is 0 Å². The van der Waals surface area contributed by atoms with Crippen molar-refractivity contribution in [2.24, 2.45) is 23.7 Å². The van der Waals surface area contributed by atoms with Gasteiger partial charge in [-0.15, -0.1) is 0 Å². The highest BCUT2D eigenvalue weighted by atomic mass is 16.2. The molecule has 0 aliphatic heterocycles. The third-order valence-corrected chi connectivity index (χ3v) is 7.95. The van der Waals surface area contributed by atoms with Crippen LogP contribution in [0.2, 0.25) is 0 Å². The second-order valence-electron chi connectivity index (χ2n) is 10.2. The number of hydrogen-bond donors (Lipinski definition) is 1. The lowest BCUT2D eigenvalue weighted by Gasteiger charge is -2.30. The summed E-state index contributed by atoms with van der Waals surface area (Å²) in [5.74, 6) is 3.80. The minimum atomic E-state index is 0.322.